The summed E-state index contributed by atoms with van der Waals surface area (Å²) in [4.78, 5) is 16.9. The standard InChI is InChI=1S/C20H26N2O3/c1-21(14-12-16-7-4-3-5-8-16)17-9-6-13-22(15-17)20(23)18-10-11-19(24-2)25-18/h3-5,7-8,10-11,17H,6,9,12-15H2,1-2H3/t17-/m1/s1. The first-order valence-corrected chi connectivity index (χ1v) is 8.84. The lowest BCUT2D eigenvalue weighted by Gasteiger charge is -2.37. The van der Waals surface area contributed by atoms with Gasteiger partial charge < -0.3 is 19.0 Å². The number of methoxy groups -OCH3 is 1. The molecule has 5 nitrogen and oxygen atoms in total. The van der Waals surface area contributed by atoms with Crippen molar-refractivity contribution in [3.63, 3.8) is 0 Å². The van der Waals surface area contributed by atoms with E-state index in [9.17, 15) is 4.79 Å². The molecule has 134 valence electrons. The van der Waals surface area contributed by atoms with Crippen molar-refractivity contribution in [3.8, 4) is 5.95 Å². The van der Waals surface area contributed by atoms with Crippen LogP contribution in [0.25, 0.3) is 0 Å². The van der Waals surface area contributed by atoms with E-state index in [2.05, 4.69) is 36.2 Å². The largest absolute Gasteiger partial charge is 0.468 e. The summed E-state index contributed by atoms with van der Waals surface area (Å²) in [6.45, 7) is 2.52. The highest BCUT2D eigenvalue weighted by Crippen LogP contribution is 2.21. The second kappa shape index (κ2) is 8.21. The summed E-state index contributed by atoms with van der Waals surface area (Å²) in [6.07, 6.45) is 3.16. The highest BCUT2D eigenvalue weighted by Gasteiger charge is 2.28. The molecule has 0 radical (unpaired) electrons. The minimum atomic E-state index is -0.0514. The molecule has 2 aromatic rings. The van der Waals surface area contributed by atoms with Crippen LogP contribution in [0.15, 0.2) is 46.9 Å². The lowest BCUT2D eigenvalue weighted by molar-refractivity contribution is 0.0576. The molecule has 1 amide bonds. The van der Waals surface area contributed by atoms with E-state index in [1.807, 2.05) is 11.0 Å². The molecule has 1 saturated heterocycles. The Bertz CT molecular complexity index is 683. The number of likely N-dealkylation sites (N-methyl/N-ethyl adjacent to an activating group) is 1. The molecule has 0 unspecified atom stereocenters. The van der Waals surface area contributed by atoms with Gasteiger partial charge in [0.2, 0.25) is 0 Å². The van der Waals surface area contributed by atoms with Gasteiger partial charge in [-0.2, -0.15) is 0 Å². The topological polar surface area (TPSA) is 45.9 Å². The molecule has 1 aliphatic rings. The number of benzene rings is 1. The number of piperidine rings is 1. The molecule has 0 spiro atoms. The molecule has 0 N–H and O–H groups in total. The number of ether oxygens (including phenoxy) is 1. The summed E-state index contributed by atoms with van der Waals surface area (Å²) in [5, 5.41) is 0. The molecule has 0 bridgehead atoms. The van der Waals surface area contributed by atoms with Crippen molar-refractivity contribution in [3.05, 3.63) is 53.8 Å². The Kier molecular flexibility index (Phi) is 5.76. The summed E-state index contributed by atoms with van der Waals surface area (Å²) in [7, 11) is 3.68. The van der Waals surface area contributed by atoms with Crippen LogP contribution in [0.2, 0.25) is 0 Å². The molecule has 25 heavy (non-hydrogen) atoms. The Morgan fingerprint density at radius 2 is 2.08 bits per heavy atom. The molecule has 1 atom stereocenters. The van der Waals surface area contributed by atoms with Crippen LogP contribution in [-0.4, -0.2) is 55.5 Å². The molecule has 0 aliphatic carbocycles. The summed E-state index contributed by atoms with van der Waals surface area (Å²) < 4.78 is 10.4. The van der Waals surface area contributed by atoms with E-state index < -0.39 is 0 Å². The smallest absolute Gasteiger partial charge is 0.289 e. The maximum absolute atomic E-state index is 12.6. The maximum atomic E-state index is 12.6. The predicted octanol–water partition coefficient (Wildman–Crippen LogP) is 3.07. The van der Waals surface area contributed by atoms with E-state index in [1.165, 1.54) is 12.7 Å². The normalized spacial score (nSPS) is 17.7. The van der Waals surface area contributed by atoms with Crippen LogP contribution in [-0.2, 0) is 6.42 Å². The third-order valence-corrected chi connectivity index (χ3v) is 4.90. The van der Waals surface area contributed by atoms with Gasteiger partial charge in [-0.05, 0) is 37.9 Å². The first-order valence-electron chi connectivity index (χ1n) is 8.84. The van der Waals surface area contributed by atoms with E-state index in [4.69, 9.17) is 9.15 Å². The van der Waals surface area contributed by atoms with Gasteiger partial charge in [0, 0.05) is 31.7 Å². The Labute approximate surface area is 149 Å². The van der Waals surface area contributed by atoms with Crippen LogP contribution in [0.3, 0.4) is 0 Å². The first kappa shape index (κ1) is 17.5. The van der Waals surface area contributed by atoms with Crippen molar-refractivity contribution in [2.24, 2.45) is 0 Å². The van der Waals surface area contributed by atoms with Gasteiger partial charge in [-0.25, -0.2) is 0 Å². The second-order valence-corrected chi connectivity index (χ2v) is 6.59. The van der Waals surface area contributed by atoms with E-state index in [-0.39, 0.29) is 5.91 Å². The van der Waals surface area contributed by atoms with Crippen molar-refractivity contribution >= 4 is 5.91 Å². The van der Waals surface area contributed by atoms with Crippen LogP contribution >= 0.6 is 0 Å². The summed E-state index contributed by atoms with van der Waals surface area (Å²) >= 11 is 0. The van der Waals surface area contributed by atoms with Crippen LogP contribution in [0.4, 0.5) is 0 Å². The molecule has 1 aliphatic heterocycles. The molecule has 2 heterocycles. The Morgan fingerprint density at radius 3 is 2.80 bits per heavy atom. The number of amides is 1. The molecule has 3 rings (SSSR count). The summed E-state index contributed by atoms with van der Waals surface area (Å²) in [6, 6.07) is 14.3. The van der Waals surface area contributed by atoms with Crippen LogP contribution < -0.4 is 4.74 Å². The number of rotatable bonds is 6. The van der Waals surface area contributed by atoms with Crippen molar-refractivity contribution < 1.29 is 13.9 Å². The number of hydrogen-bond acceptors (Lipinski definition) is 4. The van der Waals surface area contributed by atoms with Gasteiger partial charge in [-0.3, -0.25) is 4.79 Å². The summed E-state index contributed by atoms with van der Waals surface area (Å²) in [5.41, 5.74) is 1.35. The Balaban J connectivity index is 1.55. The number of nitrogens with zero attached hydrogens (tertiary/aromatic N) is 2. The fourth-order valence-corrected chi connectivity index (χ4v) is 3.33. The van der Waals surface area contributed by atoms with Gasteiger partial charge in [-0.1, -0.05) is 30.3 Å². The lowest BCUT2D eigenvalue weighted by Crippen LogP contribution is -2.49. The van der Waals surface area contributed by atoms with E-state index >= 15 is 0 Å². The molecule has 1 aromatic heterocycles. The maximum Gasteiger partial charge on any atom is 0.289 e. The van der Waals surface area contributed by atoms with E-state index in [0.29, 0.717) is 17.7 Å². The van der Waals surface area contributed by atoms with Gasteiger partial charge in [0.1, 0.15) is 0 Å². The SMILES string of the molecule is COc1ccc(C(=O)N2CCC[C@@H](N(C)CCc3ccccc3)C2)o1. The van der Waals surface area contributed by atoms with Gasteiger partial charge in [0.05, 0.1) is 7.11 Å². The Hall–Kier alpha value is -2.27. The fraction of sp³-hybridized carbons (Fsp3) is 0.450. The quantitative estimate of drug-likeness (QED) is 0.809. The zero-order valence-corrected chi connectivity index (χ0v) is 15.0. The third-order valence-electron chi connectivity index (χ3n) is 4.90. The van der Waals surface area contributed by atoms with Crippen molar-refractivity contribution in [2.75, 3.05) is 33.8 Å². The monoisotopic (exact) mass is 342 g/mol. The lowest BCUT2D eigenvalue weighted by atomic mass is 10.0. The molecular formula is C20H26N2O3. The minimum Gasteiger partial charge on any atom is -0.468 e. The third kappa shape index (κ3) is 4.42. The average Bonchev–Trinajstić information content (AvgIpc) is 3.15. The number of furan rings is 1. The van der Waals surface area contributed by atoms with Crippen LogP contribution in [0.1, 0.15) is 29.0 Å². The molecule has 1 aromatic carbocycles. The second-order valence-electron chi connectivity index (χ2n) is 6.59. The van der Waals surface area contributed by atoms with Gasteiger partial charge in [-0.15, -0.1) is 0 Å². The van der Waals surface area contributed by atoms with Gasteiger partial charge in [0.25, 0.3) is 11.9 Å². The van der Waals surface area contributed by atoms with Gasteiger partial charge >= 0.3 is 0 Å². The number of carbonyl (C=O) groups excluding carboxylic acids is 1. The van der Waals surface area contributed by atoms with Crippen molar-refractivity contribution in [2.45, 2.75) is 25.3 Å². The average molecular weight is 342 g/mol. The number of hydrogen-bond donors (Lipinski definition) is 0. The highest BCUT2D eigenvalue weighted by molar-refractivity contribution is 5.91. The number of likely N-dealkylation sites (tertiary alicyclic amines) is 1. The van der Waals surface area contributed by atoms with E-state index in [0.717, 1.165) is 38.9 Å². The van der Waals surface area contributed by atoms with Gasteiger partial charge in [0.15, 0.2) is 5.76 Å². The molecular weight excluding hydrogens is 316 g/mol. The van der Waals surface area contributed by atoms with Crippen LogP contribution in [0, 0.1) is 0 Å². The zero-order chi connectivity index (χ0) is 17.6. The highest BCUT2D eigenvalue weighted by atomic mass is 16.6. The van der Waals surface area contributed by atoms with E-state index in [1.54, 1.807) is 12.1 Å². The number of carbonyl (C=O) groups is 1. The minimum absolute atomic E-state index is 0.0514. The van der Waals surface area contributed by atoms with Crippen LogP contribution in [0.5, 0.6) is 5.95 Å². The molecule has 1 fully saturated rings. The summed E-state index contributed by atoms with van der Waals surface area (Å²) in [5.74, 6) is 0.672. The first-order chi connectivity index (χ1) is 12.2. The molecule has 0 saturated carbocycles. The van der Waals surface area contributed by atoms with Crippen molar-refractivity contribution in [1.29, 1.82) is 0 Å². The Morgan fingerprint density at radius 1 is 1.28 bits per heavy atom. The fourth-order valence-electron chi connectivity index (χ4n) is 3.33. The molecule has 5 heteroatoms. The van der Waals surface area contributed by atoms with Crippen molar-refractivity contribution in [1.82, 2.24) is 9.80 Å². The zero-order valence-electron chi connectivity index (χ0n) is 15.0. The predicted molar refractivity (Wildman–Crippen MR) is 97.0 cm³/mol.